The number of aryl methyl sites for hydroxylation is 1. The van der Waals surface area contributed by atoms with Gasteiger partial charge in [-0.1, -0.05) is 43.7 Å². The van der Waals surface area contributed by atoms with E-state index in [1.165, 1.54) is 31.2 Å². The summed E-state index contributed by atoms with van der Waals surface area (Å²) in [4.78, 5) is 0. The quantitative estimate of drug-likeness (QED) is 0.831. The van der Waals surface area contributed by atoms with Gasteiger partial charge in [0.1, 0.15) is 0 Å². The Morgan fingerprint density at radius 1 is 1.21 bits per heavy atom. The first-order chi connectivity index (χ1) is 9.28. The Labute approximate surface area is 119 Å². The van der Waals surface area contributed by atoms with Crippen molar-refractivity contribution in [1.82, 2.24) is 5.32 Å². The first-order valence-electron chi connectivity index (χ1n) is 7.43. The molecule has 1 aliphatic rings. The van der Waals surface area contributed by atoms with Crippen molar-refractivity contribution in [2.75, 3.05) is 11.5 Å². The van der Waals surface area contributed by atoms with Crippen molar-refractivity contribution in [3.8, 4) is 0 Å². The van der Waals surface area contributed by atoms with Crippen LogP contribution < -0.4 is 5.32 Å². The fraction of sp³-hybridized carbons (Fsp3) is 0.625. The van der Waals surface area contributed by atoms with Gasteiger partial charge in [0.25, 0.3) is 0 Å². The fourth-order valence-corrected chi connectivity index (χ4v) is 4.14. The summed E-state index contributed by atoms with van der Waals surface area (Å²) >= 11 is 0. The molecule has 1 unspecified atom stereocenters. The third-order valence-corrected chi connectivity index (χ3v) is 5.25. The van der Waals surface area contributed by atoms with Gasteiger partial charge in [-0.3, -0.25) is 4.21 Å². The van der Waals surface area contributed by atoms with Crippen molar-refractivity contribution >= 4 is 10.8 Å². The Kier molecular flexibility index (Phi) is 6.05. The van der Waals surface area contributed by atoms with Gasteiger partial charge < -0.3 is 5.32 Å². The van der Waals surface area contributed by atoms with Crippen LogP contribution in [0.2, 0.25) is 0 Å². The van der Waals surface area contributed by atoms with E-state index in [1.54, 1.807) is 0 Å². The highest BCUT2D eigenvalue weighted by molar-refractivity contribution is 7.85. The van der Waals surface area contributed by atoms with Gasteiger partial charge in [-0.15, -0.1) is 0 Å². The molecule has 0 aliphatic carbocycles. The van der Waals surface area contributed by atoms with Crippen LogP contribution in [0.4, 0.5) is 0 Å². The number of nitrogens with one attached hydrogen (secondary N) is 1. The summed E-state index contributed by atoms with van der Waals surface area (Å²) in [6.45, 7) is 2.23. The molecule has 0 aromatic heterocycles. The van der Waals surface area contributed by atoms with Crippen molar-refractivity contribution in [1.29, 1.82) is 0 Å². The van der Waals surface area contributed by atoms with Gasteiger partial charge in [0, 0.05) is 34.4 Å². The molecule has 1 N–H and O–H groups in total. The van der Waals surface area contributed by atoms with E-state index >= 15 is 0 Å². The van der Waals surface area contributed by atoms with Crippen molar-refractivity contribution in [3.63, 3.8) is 0 Å². The minimum atomic E-state index is -0.692. The van der Waals surface area contributed by atoms with Gasteiger partial charge in [0.15, 0.2) is 0 Å². The lowest BCUT2D eigenvalue weighted by molar-refractivity contribution is 0.522. The van der Waals surface area contributed by atoms with E-state index in [4.69, 9.17) is 0 Å². The van der Waals surface area contributed by atoms with E-state index in [0.29, 0.717) is 12.1 Å². The topological polar surface area (TPSA) is 29.1 Å². The molecule has 1 aromatic rings. The van der Waals surface area contributed by atoms with E-state index < -0.39 is 10.8 Å². The molecule has 19 heavy (non-hydrogen) atoms. The molecule has 1 saturated heterocycles. The zero-order valence-electron chi connectivity index (χ0n) is 11.8. The van der Waals surface area contributed by atoms with Crippen LogP contribution in [-0.4, -0.2) is 27.8 Å². The van der Waals surface area contributed by atoms with Crippen molar-refractivity contribution in [2.24, 2.45) is 0 Å². The molecule has 1 aliphatic heterocycles. The van der Waals surface area contributed by atoms with Crippen LogP contribution in [0.5, 0.6) is 0 Å². The van der Waals surface area contributed by atoms with Crippen molar-refractivity contribution in [2.45, 2.75) is 51.1 Å². The SMILES string of the molecule is CCC[C@H]1CC[C@@H](CS(=O)CCc2ccccc2)N1. The van der Waals surface area contributed by atoms with Gasteiger partial charge in [-0.05, 0) is 31.2 Å². The van der Waals surface area contributed by atoms with Crippen LogP contribution in [-0.2, 0) is 17.2 Å². The molecule has 106 valence electrons. The molecule has 0 amide bonds. The lowest BCUT2D eigenvalue weighted by atomic mass is 10.1. The van der Waals surface area contributed by atoms with E-state index in [-0.39, 0.29) is 0 Å². The standard InChI is InChI=1S/C16H25NOS/c1-2-6-15-9-10-16(17-15)13-19(18)12-11-14-7-4-3-5-8-14/h3-5,7-8,15-17H,2,6,9-13H2,1H3/t15-,16-,19?/m0/s1. The van der Waals surface area contributed by atoms with E-state index in [2.05, 4.69) is 24.4 Å². The molecule has 0 bridgehead atoms. The monoisotopic (exact) mass is 279 g/mol. The molecule has 3 heteroatoms. The average Bonchev–Trinajstić information content (AvgIpc) is 2.85. The maximum Gasteiger partial charge on any atom is 0.0389 e. The number of rotatable bonds is 7. The summed E-state index contributed by atoms with van der Waals surface area (Å²) in [5.74, 6) is 1.62. The van der Waals surface area contributed by atoms with Crippen LogP contribution in [0.15, 0.2) is 30.3 Å². The molecule has 1 fully saturated rings. The van der Waals surface area contributed by atoms with Gasteiger partial charge in [0.05, 0.1) is 0 Å². The first kappa shape index (κ1) is 14.7. The lowest BCUT2D eigenvalue weighted by Crippen LogP contribution is -2.33. The molecular weight excluding hydrogens is 254 g/mol. The molecule has 2 rings (SSSR count). The Hall–Kier alpha value is -0.670. The van der Waals surface area contributed by atoms with Crippen molar-refractivity contribution in [3.05, 3.63) is 35.9 Å². The molecule has 1 aromatic carbocycles. The molecule has 0 spiro atoms. The zero-order valence-corrected chi connectivity index (χ0v) is 12.6. The average molecular weight is 279 g/mol. The highest BCUT2D eigenvalue weighted by Crippen LogP contribution is 2.17. The summed E-state index contributed by atoms with van der Waals surface area (Å²) in [6, 6.07) is 11.5. The zero-order chi connectivity index (χ0) is 13.5. The molecule has 1 heterocycles. The second-order valence-corrected chi connectivity index (χ2v) is 7.09. The molecule has 0 saturated carbocycles. The minimum absolute atomic E-state index is 0.480. The smallest absolute Gasteiger partial charge is 0.0389 e. The van der Waals surface area contributed by atoms with E-state index in [1.807, 2.05) is 18.2 Å². The lowest BCUT2D eigenvalue weighted by Gasteiger charge is -2.13. The molecule has 0 radical (unpaired) electrons. The van der Waals surface area contributed by atoms with Gasteiger partial charge in [-0.2, -0.15) is 0 Å². The molecule has 2 nitrogen and oxygen atoms in total. The van der Waals surface area contributed by atoms with Crippen LogP contribution >= 0.6 is 0 Å². The van der Waals surface area contributed by atoms with Crippen molar-refractivity contribution < 1.29 is 4.21 Å². The summed E-state index contributed by atoms with van der Waals surface area (Å²) in [7, 11) is -0.692. The maximum absolute atomic E-state index is 12.1. The van der Waals surface area contributed by atoms with Crippen LogP contribution in [0, 0.1) is 0 Å². The van der Waals surface area contributed by atoms with Gasteiger partial charge >= 0.3 is 0 Å². The summed E-state index contributed by atoms with van der Waals surface area (Å²) < 4.78 is 12.1. The predicted octanol–water partition coefficient (Wildman–Crippen LogP) is 2.90. The Morgan fingerprint density at radius 2 is 1.95 bits per heavy atom. The molecule has 3 atom stereocenters. The minimum Gasteiger partial charge on any atom is -0.310 e. The van der Waals surface area contributed by atoms with Crippen LogP contribution in [0.25, 0.3) is 0 Å². The summed E-state index contributed by atoms with van der Waals surface area (Å²) in [5, 5.41) is 3.63. The van der Waals surface area contributed by atoms with Crippen LogP contribution in [0.1, 0.15) is 38.2 Å². The third-order valence-electron chi connectivity index (χ3n) is 3.82. The summed E-state index contributed by atoms with van der Waals surface area (Å²) in [6.07, 6.45) is 5.88. The van der Waals surface area contributed by atoms with Crippen LogP contribution in [0.3, 0.4) is 0 Å². The second kappa shape index (κ2) is 7.81. The fourth-order valence-electron chi connectivity index (χ4n) is 2.79. The Balaban J connectivity index is 1.68. The van der Waals surface area contributed by atoms with E-state index in [9.17, 15) is 4.21 Å². The van der Waals surface area contributed by atoms with E-state index in [0.717, 1.165) is 17.9 Å². The second-order valence-electron chi connectivity index (χ2n) is 5.47. The third kappa shape index (κ3) is 5.07. The largest absolute Gasteiger partial charge is 0.310 e. The van der Waals surface area contributed by atoms with Gasteiger partial charge in [-0.25, -0.2) is 0 Å². The predicted molar refractivity (Wildman–Crippen MR) is 82.9 cm³/mol. The number of hydrogen-bond donors (Lipinski definition) is 1. The Bertz CT molecular complexity index is 393. The number of benzene rings is 1. The highest BCUT2D eigenvalue weighted by Gasteiger charge is 2.24. The Morgan fingerprint density at radius 3 is 2.68 bits per heavy atom. The maximum atomic E-state index is 12.1. The first-order valence-corrected chi connectivity index (χ1v) is 8.91. The summed E-state index contributed by atoms with van der Waals surface area (Å²) in [5.41, 5.74) is 1.29. The molecular formula is C16H25NOS. The number of hydrogen-bond acceptors (Lipinski definition) is 2. The van der Waals surface area contributed by atoms with Gasteiger partial charge in [0.2, 0.25) is 0 Å². The normalized spacial score (nSPS) is 24.5. The highest BCUT2D eigenvalue weighted by atomic mass is 32.2.